The Labute approximate surface area is 200 Å². The normalized spacial score (nSPS) is 11.3. The minimum atomic E-state index is -0.158. The first-order chi connectivity index (χ1) is 16.4. The van der Waals surface area contributed by atoms with E-state index in [1.807, 2.05) is 85.8 Å². The summed E-state index contributed by atoms with van der Waals surface area (Å²) in [6.07, 6.45) is 0. The fourth-order valence-corrected chi connectivity index (χ4v) is 4.69. The monoisotopic (exact) mass is 469 g/mol. The van der Waals surface area contributed by atoms with E-state index in [4.69, 9.17) is 0 Å². The average molecular weight is 470 g/mol. The van der Waals surface area contributed by atoms with Gasteiger partial charge in [0.15, 0.2) is 5.16 Å². The first-order valence-electron chi connectivity index (χ1n) is 10.9. The smallest absolute Gasteiger partial charge is 0.267 e. The summed E-state index contributed by atoms with van der Waals surface area (Å²) in [6, 6.07) is 20.9. The molecule has 5 rings (SSSR count). The van der Waals surface area contributed by atoms with Crippen LogP contribution in [-0.4, -0.2) is 30.8 Å². The van der Waals surface area contributed by atoms with Crippen LogP contribution in [0.3, 0.4) is 0 Å². The molecule has 170 valence electrons. The molecular formula is C26H23N5O2S. The molecule has 0 spiro atoms. The van der Waals surface area contributed by atoms with Crippen LogP contribution in [0.4, 0.5) is 5.69 Å². The lowest BCUT2D eigenvalue weighted by molar-refractivity contribution is -0.113. The molecule has 34 heavy (non-hydrogen) atoms. The van der Waals surface area contributed by atoms with Gasteiger partial charge in [-0.3, -0.25) is 14.0 Å². The van der Waals surface area contributed by atoms with Crippen molar-refractivity contribution in [2.75, 3.05) is 11.1 Å². The summed E-state index contributed by atoms with van der Waals surface area (Å²) < 4.78 is 3.43. The van der Waals surface area contributed by atoms with Gasteiger partial charge in [-0.1, -0.05) is 48.2 Å². The summed E-state index contributed by atoms with van der Waals surface area (Å²) in [5.41, 5.74) is 5.30. The molecule has 5 aromatic rings. The number of fused-ring (bicyclic) bond motifs is 3. The molecule has 2 aromatic heterocycles. The molecule has 0 bridgehead atoms. The zero-order chi connectivity index (χ0) is 23.8. The van der Waals surface area contributed by atoms with E-state index in [2.05, 4.69) is 15.5 Å². The van der Waals surface area contributed by atoms with Crippen molar-refractivity contribution < 1.29 is 4.79 Å². The van der Waals surface area contributed by atoms with Crippen molar-refractivity contribution in [3.05, 3.63) is 93.8 Å². The quantitative estimate of drug-likeness (QED) is 0.378. The van der Waals surface area contributed by atoms with Crippen LogP contribution >= 0.6 is 11.8 Å². The third-order valence-electron chi connectivity index (χ3n) is 5.87. The molecule has 0 saturated carbocycles. The van der Waals surface area contributed by atoms with Crippen LogP contribution in [0.5, 0.6) is 0 Å². The molecule has 0 saturated heterocycles. The maximum atomic E-state index is 13.4. The van der Waals surface area contributed by atoms with Gasteiger partial charge in [-0.15, -0.1) is 10.2 Å². The Balaban J connectivity index is 1.54. The van der Waals surface area contributed by atoms with E-state index in [0.717, 1.165) is 22.5 Å². The third-order valence-corrected chi connectivity index (χ3v) is 6.80. The van der Waals surface area contributed by atoms with Gasteiger partial charge in [0.1, 0.15) is 0 Å². The lowest BCUT2D eigenvalue weighted by atomic mass is 10.1. The van der Waals surface area contributed by atoms with Gasteiger partial charge in [0, 0.05) is 5.69 Å². The van der Waals surface area contributed by atoms with Crippen molar-refractivity contribution in [1.82, 2.24) is 19.2 Å². The first-order valence-corrected chi connectivity index (χ1v) is 11.9. The van der Waals surface area contributed by atoms with Crippen LogP contribution < -0.4 is 10.9 Å². The van der Waals surface area contributed by atoms with Gasteiger partial charge in [0.25, 0.3) is 5.56 Å². The number of aryl methyl sites for hydroxylation is 3. The number of nitrogens with one attached hydrogen (secondary N) is 1. The second-order valence-corrected chi connectivity index (χ2v) is 9.14. The van der Waals surface area contributed by atoms with Crippen LogP contribution in [-0.2, 0) is 4.79 Å². The van der Waals surface area contributed by atoms with E-state index in [1.54, 1.807) is 10.6 Å². The van der Waals surface area contributed by atoms with Crippen LogP contribution in [0.2, 0.25) is 0 Å². The summed E-state index contributed by atoms with van der Waals surface area (Å²) in [4.78, 5) is 26.1. The van der Waals surface area contributed by atoms with Crippen LogP contribution in [0.25, 0.3) is 22.4 Å². The zero-order valence-electron chi connectivity index (χ0n) is 19.1. The molecule has 2 heterocycles. The van der Waals surface area contributed by atoms with Crippen molar-refractivity contribution in [3.8, 4) is 5.69 Å². The number of hydrogen-bond acceptors (Lipinski definition) is 5. The molecule has 1 N–H and O–H groups in total. The summed E-state index contributed by atoms with van der Waals surface area (Å²) in [7, 11) is 0. The maximum absolute atomic E-state index is 13.4. The summed E-state index contributed by atoms with van der Waals surface area (Å²) in [5.74, 6) is 0.433. The molecule has 7 nitrogen and oxygen atoms in total. The highest BCUT2D eigenvalue weighted by Gasteiger charge is 2.19. The van der Waals surface area contributed by atoms with E-state index in [-0.39, 0.29) is 17.2 Å². The largest absolute Gasteiger partial charge is 0.325 e. The number of nitrogens with zero attached hydrogens (tertiary/aromatic N) is 4. The number of hydrogen-bond donors (Lipinski definition) is 1. The number of thioether (sulfide) groups is 1. The maximum Gasteiger partial charge on any atom is 0.267 e. The Morgan fingerprint density at radius 2 is 1.68 bits per heavy atom. The van der Waals surface area contributed by atoms with E-state index in [0.29, 0.717) is 21.8 Å². The van der Waals surface area contributed by atoms with Crippen molar-refractivity contribution in [1.29, 1.82) is 0 Å². The summed E-state index contributed by atoms with van der Waals surface area (Å²) in [5, 5.41) is 12.7. The fourth-order valence-electron chi connectivity index (χ4n) is 3.95. The second-order valence-electron chi connectivity index (χ2n) is 8.20. The highest BCUT2D eigenvalue weighted by molar-refractivity contribution is 7.99. The number of aromatic nitrogens is 4. The number of benzene rings is 3. The highest BCUT2D eigenvalue weighted by Crippen LogP contribution is 2.24. The standard InChI is InChI=1S/C26H23N5O2S/c1-16-12-13-19(14-18(16)3)27-23(32)15-34-26-29-28-25-30(21-10-6-4-8-17(21)2)24(33)20-9-5-7-11-22(20)31(25)26/h4-14H,15H2,1-3H3,(H,27,32). The number of anilines is 1. The van der Waals surface area contributed by atoms with Gasteiger partial charge in [0.05, 0.1) is 22.3 Å². The van der Waals surface area contributed by atoms with Crippen molar-refractivity contribution >= 4 is 40.0 Å². The highest BCUT2D eigenvalue weighted by atomic mass is 32.2. The summed E-state index contributed by atoms with van der Waals surface area (Å²) >= 11 is 1.28. The lowest BCUT2D eigenvalue weighted by Gasteiger charge is -2.13. The van der Waals surface area contributed by atoms with Gasteiger partial charge < -0.3 is 5.32 Å². The van der Waals surface area contributed by atoms with Crippen molar-refractivity contribution in [2.45, 2.75) is 25.9 Å². The molecule has 0 aliphatic carbocycles. The Kier molecular flexibility index (Phi) is 5.67. The molecule has 8 heteroatoms. The van der Waals surface area contributed by atoms with Crippen LogP contribution in [0.15, 0.2) is 76.7 Å². The fraction of sp³-hybridized carbons (Fsp3) is 0.154. The number of para-hydroxylation sites is 2. The Bertz CT molecular complexity index is 1620. The van der Waals surface area contributed by atoms with Crippen molar-refractivity contribution in [3.63, 3.8) is 0 Å². The van der Waals surface area contributed by atoms with E-state index < -0.39 is 0 Å². The predicted molar refractivity (Wildman–Crippen MR) is 136 cm³/mol. The Hall–Kier alpha value is -3.91. The first kappa shape index (κ1) is 21.9. The number of amides is 1. The minimum absolute atomic E-state index is 0.137. The van der Waals surface area contributed by atoms with E-state index >= 15 is 0 Å². The van der Waals surface area contributed by atoms with E-state index in [1.165, 1.54) is 17.3 Å². The molecule has 0 fully saturated rings. The molecule has 0 radical (unpaired) electrons. The van der Waals surface area contributed by atoms with Crippen LogP contribution in [0, 0.1) is 20.8 Å². The molecule has 1 amide bonds. The van der Waals surface area contributed by atoms with Crippen LogP contribution in [0.1, 0.15) is 16.7 Å². The minimum Gasteiger partial charge on any atom is -0.325 e. The van der Waals surface area contributed by atoms with E-state index in [9.17, 15) is 9.59 Å². The third kappa shape index (κ3) is 3.86. The Morgan fingerprint density at radius 1 is 0.912 bits per heavy atom. The molecule has 3 aromatic carbocycles. The molecule has 0 atom stereocenters. The Morgan fingerprint density at radius 3 is 2.47 bits per heavy atom. The van der Waals surface area contributed by atoms with Gasteiger partial charge in [-0.25, -0.2) is 4.57 Å². The van der Waals surface area contributed by atoms with Gasteiger partial charge >= 0.3 is 0 Å². The van der Waals surface area contributed by atoms with Gasteiger partial charge in [-0.05, 0) is 67.8 Å². The topological polar surface area (TPSA) is 81.3 Å². The SMILES string of the molecule is Cc1ccc(NC(=O)CSc2nnc3n(-c4ccccc4C)c(=O)c4ccccc4n23)cc1C. The second kappa shape index (κ2) is 8.79. The average Bonchev–Trinajstić information content (AvgIpc) is 3.25. The van der Waals surface area contributed by atoms with Gasteiger partial charge in [-0.2, -0.15) is 0 Å². The number of carbonyl (C=O) groups excluding carboxylic acids is 1. The van der Waals surface area contributed by atoms with Crippen molar-refractivity contribution in [2.24, 2.45) is 0 Å². The predicted octanol–water partition coefficient (Wildman–Crippen LogP) is 4.69. The summed E-state index contributed by atoms with van der Waals surface area (Å²) in [6.45, 7) is 6.01. The molecule has 0 aliphatic rings. The number of carbonyl (C=O) groups is 1. The lowest BCUT2D eigenvalue weighted by Crippen LogP contribution is -2.22. The van der Waals surface area contributed by atoms with Gasteiger partial charge in [0.2, 0.25) is 11.7 Å². The molecule has 0 aliphatic heterocycles. The molecule has 0 unspecified atom stereocenters. The number of rotatable bonds is 5. The molecular weight excluding hydrogens is 446 g/mol. The zero-order valence-corrected chi connectivity index (χ0v) is 19.9.